The molecule has 0 rings (SSSR count). The van der Waals surface area contributed by atoms with E-state index in [0.29, 0.717) is 0 Å². The van der Waals surface area contributed by atoms with E-state index >= 15 is 0 Å². The van der Waals surface area contributed by atoms with Gasteiger partial charge in [0, 0.05) is 18.4 Å². The summed E-state index contributed by atoms with van der Waals surface area (Å²) in [6.07, 6.45) is 26.4. The number of unbranched alkanes of at least 4 members (excludes halogenated alkanes) is 15. The summed E-state index contributed by atoms with van der Waals surface area (Å²) in [6, 6.07) is 0. The fourth-order valence-electron chi connectivity index (χ4n) is 3.54. The van der Waals surface area contributed by atoms with Crippen molar-refractivity contribution in [3.63, 3.8) is 0 Å². The van der Waals surface area contributed by atoms with E-state index in [0.717, 1.165) is 0 Å². The van der Waals surface area contributed by atoms with Crippen molar-refractivity contribution in [1.82, 2.24) is 0 Å². The predicted molar refractivity (Wildman–Crippen MR) is 123 cm³/mol. The third-order valence-electron chi connectivity index (χ3n) is 5.45. The van der Waals surface area contributed by atoms with Crippen molar-refractivity contribution >= 4 is 11.9 Å². The van der Waals surface area contributed by atoms with Gasteiger partial charge in [0.05, 0.1) is 0 Å². The molecule has 0 radical (unpaired) electrons. The predicted octanol–water partition coefficient (Wildman–Crippen LogP) is -3.08. The molecule has 0 aliphatic carbocycles. The summed E-state index contributed by atoms with van der Waals surface area (Å²) < 4.78 is 0. The SMILES string of the molecule is CCCCCCCCCCCC[C-](C)CCCCCCCCC.O=C([O-])CC(=O)[O-].[K+].[K+].[Li+]. The van der Waals surface area contributed by atoms with Crippen molar-refractivity contribution in [3.05, 3.63) is 5.92 Å². The normalized spacial score (nSPS) is 9.70. The van der Waals surface area contributed by atoms with Crippen molar-refractivity contribution in [2.75, 3.05) is 0 Å². The van der Waals surface area contributed by atoms with Crippen LogP contribution in [0, 0.1) is 5.92 Å². The maximum Gasteiger partial charge on any atom is 1.00 e. The molecular formula is C26H49K2LiO4. The van der Waals surface area contributed by atoms with Crippen molar-refractivity contribution < 1.29 is 141 Å². The van der Waals surface area contributed by atoms with Crippen LogP contribution < -0.4 is 132 Å². The van der Waals surface area contributed by atoms with E-state index < -0.39 is 18.4 Å². The largest absolute Gasteiger partial charge is 1.00 e. The molecule has 0 aromatic carbocycles. The maximum atomic E-state index is 9.28. The Morgan fingerprint density at radius 3 is 1.00 bits per heavy atom. The van der Waals surface area contributed by atoms with Crippen LogP contribution in [0.25, 0.3) is 0 Å². The molecule has 0 spiro atoms. The molecule has 180 valence electrons. The fourth-order valence-corrected chi connectivity index (χ4v) is 3.54. The molecule has 0 amide bonds. The van der Waals surface area contributed by atoms with Crippen LogP contribution in [0.2, 0.25) is 0 Å². The molecule has 0 heterocycles. The monoisotopic (exact) mass is 510 g/mol. The first kappa shape index (κ1) is 45.7. The van der Waals surface area contributed by atoms with E-state index in [-0.39, 0.29) is 122 Å². The molecule has 0 aliphatic rings. The molecule has 0 aromatic rings. The second-order valence-electron chi connectivity index (χ2n) is 8.68. The van der Waals surface area contributed by atoms with E-state index in [4.69, 9.17) is 0 Å². The summed E-state index contributed by atoms with van der Waals surface area (Å²) in [5.41, 5.74) is 0. The van der Waals surface area contributed by atoms with E-state index in [9.17, 15) is 19.8 Å². The first-order valence-corrected chi connectivity index (χ1v) is 12.6. The number of carbonyl (C=O) groups is 2. The quantitative estimate of drug-likeness (QED) is 0.0710. The van der Waals surface area contributed by atoms with Crippen molar-refractivity contribution in [2.24, 2.45) is 0 Å². The Labute approximate surface area is 303 Å². The Morgan fingerprint density at radius 1 is 0.545 bits per heavy atom. The average Bonchev–Trinajstić information content (AvgIpc) is 2.68. The van der Waals surface area contributed by atoms with Gasteiger partial charge in [-0.05, 0) is 0 Å². The fraction of sp³-hybridized carbons (Fsp3) is 0.885. The Bertz CT molecular complexity index is 373. The van der Waals surface area contributed by atoms with Crippen molar-refractivity contribution in [3.8, 4) is 0 Å². The number of hydrogen-bond acceptors (Lipinski definition) is 4. The molecule has 0 aliphatic heterocycles. The van der Waals surface area contributed by atoms with Crippen molar-refractivity contribution in [1.29, 1.82) is 0 Å². The van der Waals surface area contributed by atoms with Crippen LogP contribution in [0.15, 0.2) is 0 Å². The summed E-state index contributed by atoms with van der Waals surface area (Å²) in [7, 11) is 0. The molecule has 0 atom stereocenters. The molecular weight excluding hydrogens is 461 g/mol. The van der Waals surface area contributed by atoms with Crippen LogP contribution in [0.5, 0.6) is 0 Å². The first-order valence-electron chi connectivity index (χ1n) is 12.6. The van der Waals surface area contributed by atoms with Gasteiger partial charge in [-0.3, -0.25) is 0 Å². The van der Waals surface area contributed by atoms with E-state index in [2.05, 4.69) is 20.8 Å². The molecule has 0 aromatic heterocycles. The van der Waals surface area contributed by atoms with Crippen LogP contribution in [0.3, 0.4) is 0 Å². The zero-order chi connectivity index (χ0) is 22.9. The Kier molecular flexibility index (Phi) is 54.5. The number of rotatable bonds is 21. The van der Waals surface area contributed by atoms with Gasteiger partial charge in [-0.1, -0.05) is 123 Å². The molecule has 0 fully saturated rings. The molecule has 33 heavy (non-hydrogen) atoms. The van der Waals surface area contributed by atoms with Crippen LogP contribution in [-0.4, -0.2) is 11.9 Å². The van der Waals surface area contributed by atoms with Gasteiger partial charge in [0.2, 0.25) is 0 Å². The second-order valence-corrected chi connectivity index (χ2v) is 8.68. The van der Waals surface area contributed by atoms with E-state index in [1.54, 1.807) is 5.92 Å². The topological polar surface area (TPSA) is 80.3 Å². The summed E-state index contributed by atoms with van der Waals surface area (Å²) in [5.74, 6) is -1.49. The van der Waals surface area contributed by atoms with E-state index in [1.165, 1.54) is 122 Å². The van der Waals surface area contributed by atoms with Gasteiger partial charge in [-0.2, -0.15) is 19.8 Å². The molecule has 0 saturated carbocycles. The Hall–Kier alpha value is 2.81. The number of aliphatic carboxylic acids is 2. The van der Waals surface area contributed by atoms with Crippen LogP contribution in [-0.2, 0) is 9.59 Å². The number of hydrogen-bond donors (Lipinski definition) is 0. The van der Waals surface area contributed by atoms with Gasteiger partial charge in [0.25, 0.3) is 0 Å². The Balaban J connectivity index is -0.000000227. The van der Waals surface area contributed by atoms with Crippen LogP contribution in [0.1, 0.15) is 149 Å². The van der Waals surface area contributed by atoms with Gasteiger partial charge < -0.3 is 25.7 Å². The molecule has 7 heteroatoms. The first-order chi connectivity index (χ1) is 14.4. The standard InChI is InChI=1S/C23H47.C3H4O4.2K.Li/c1-4-6-8-10-12-13-14-16-18-20-22-23(3)21-19-17-15-11-9-7-5-2;4-2(5)1-3(6)7;;;/h4-22H2,1-3H3;1H2,(H,4,5)(H,6,7);;;/q-1;;3*+1/p-2. The average molecular weight is 511 g/mol. The number of carboxylic acids is 2. The molecule has 0 saturated heterocycles. The third kappa shape index (κ3) is 48.5. The van der Waals surface area contributed by atoms with Crippen molar-refractivity contribution in [2.45, 2.75) is 149 Å². The Morgan fingerprint density at radius 2 is 0.788 bits per heavy atom. The third-order valence-corrected chi connectivity index (χ3v) is 5.45. The maximum absolute atomic E-state index is 9.28. The molecule has 0 unspecified atom stereocenters. The molecule has 0 N–H and O–H groups in total. The summed E-state index contributed by atoms with van der Waals surface area (Å²) >= 11 is 0. The minimum atomic E-state index is -1.63. The smallest absolute Gasteiger partial charge is 0.550 e. The van der Waals surface area contributed by atoms with Gasteiger partial charge in [-0.15, -0.1) is 0 Å². The summed E-state index contributed by atoms with van der Waals surface area (Å²) in [6.45, 7) is 6.99. The summed E-state index contributed by atoms with van der Waals surface area (Å²) in [4.78, 5) is 18.6. The molecule has 0 bridgehead atoms. The van der Waals surface area contributed by atoms with E-state index in [1.807, 2.05) is 0 Å². The second kappa shape index (κ2) is 39.3. The van der Waals surface area contributed by atoms with Crippen LogP contribution in [0.4, 0.5) is 0 Å². The van der Waals surface area contributed by atoms with Gasteiger partial charge >= 0.3 is 122 Å². The number of carboxylic acid groups (broad SMARTS) is 2. The molecule has 4 nitrogen and oxygen atoms in total. The van der Waals surface area contributed by atoms with Gasteiger partial charge in [0.1, 0.15) is 0 Å². The minimum absolute atomic E-state index is 0. The van der Waals surface area contributed by atoms with Gasteiger partial charge in [-0.25, -0.2) is 0 Å². The minimum Gasteiger partial charge on any atom is -0.550 e. The van der Waals surface area contributed by atoms with Crippen LogP contribution >= 0.6 is 0 Å². The van der Waals surface area contributed by atoms with Gasteiger partial charge in [0.15, 0.2) is 0 Å². The zero-order valence-corrected chi connectivity index (χ0v) is 29.5. The number of carbonyl (C=O) groups excluding carboxylic acids is 2. The summed E-state index contributed by atoms with van der Waals surface area (Å²) in [5, 5.41) is 18.6. The zero-order valence-electron chi connectivity index (χ0n) is 23.3.